The molecule has 150 valence electrons. The summed E-state index contributed by atoms with van der Waals surface area (Å²) >= 11 is 0.824. The molecule has 29 heavy (non-hydrogen) atoms. The van der Waals surface area contributed by atoms with Gasteiger partial charge in [-0.1, -0.05) is 43.3 Å². The predicted octanol–water partition coefficient (Wildman–Crippen LogP) is 4.46. The lowest BCUT2D eigenvalue weighted by Gasteiger charge is -2.13. The van der Waals surface area contributed by atoms with E-state index in [4.69, 9.17) is 4.74 Å². The van der Waals surface area contributed by atoms with Crippen LogP contribution in [0.25, 0.3) is 6.08 Å². The van der Waals surface area contributed by atoms with Gasteiger partial charge in [-0.25, -0.2) is 0 Å². The summed E-state index contributed by atoms with van der Waals surface area (Å²) in [6.45, 7) is 4.11. The SMILES string of the molecule is CCCOc1ccccc1/C=C1/SC(=O)N(CC(=O)Nc2ccccc2C)C1=O. The van der Waals surface area contributed by atoms with Gasteiger partial charge in [0.1, 0.15) is 12.3 Å². The maximum absolute atomic E-state index is 12.7. The molecule has 1 aliphatic heterocycles. The second-order valence-electron chi connectivity index (χ2n) is 6.52. The third-order valence-electron chi connectivity index (χ3n) is 4.26. The lowest BCUT2D eigenvalue weighted by atomic mass is 10.2. The molecule has 1 aliphatic rings. The summed E-state index contributed by atoms with van der Waals surface area (Å²) in [7, 11) is 0. The number of amides is 3. The third kappa shape index (κ3) is 5.06. The molecule has 1 fully saturated rings. The minimum atomic E-state index is -0.481. The molecule has 0 radical (unpaired) electrons. The van der Waals surface area contributed by atoms with Gasteiger partial charge in [-0.3, -0.25) is 19.3 Å². The molecule has 1 N–H and O–H groups in total. The Hall–Kier alpha value is -3.06. The molecular weight excluding hydrogens is 388 g/mol. The van der Waals surface area contributed by atoms with Crippen molar-refractivity contribution in [3.63, 3.8) is 0 Å². The summed E-state index contributed by atoms with van der Waals surface area (Å²) < 4.78 is 5.70. The minimum absolute atomic E-state index is 0.270. The highest BCUT2D eigenvalue weighted by Gasteiger charge is 2.36. The Balaban J connectivity index is 1.72. The molecule has 0 atom stereocenters. The van der Waals surface area contributed by atoms with E-state index >= 15 is 0 Å². The van der Waals surface area contributed by atoms with E-state index in [2.05, 4.69) is 5.32 Å². The molecule has 0 aliphatic carbocycles. The first-order chi connectivity index (χ1) is 14.0. The topological polar surface area (TPSA) is 75.7 Å². The maximum Gasteiger partial charge on any atom is 0.294 e. The van der Waals surface area contributed by atoms with Gasteiger partial charge in [0.15, 0.2) is 0 Å². The van der Waals surface area contributed by atoms with Crippen molar-refractivity contribution < 1.29 is 19.1 Å². The summed E-state index contributed by atoms with van der Waals surface area (Å²) in [4.78, 5) is 38.6. The zero-order chi connectivity index (χ0) is 20.8. The molecule has 2 aromatic rings. The standard InChI is InChI=1S/C22H22N2O4S/c1-3-12-28-18-11-7-5-9-16(18)13-19-21(26)24(22(27)29-19)14-20(25)23-17-10-6-4-8-15(17)2/h4-11,13H,3,12,14H2,1-2H3,(H,23,25)/b19-13+. The number of carbonyl (C=O) groups excluding carboxylic acids is 3. The summed E-state index contributed by atoms with van der Waals surface area (Å²) in [6, 6.07) is 14.7. The molecule has 0 bridgehead atoms. The Labute approximate surface area is 173 Å². The van der Waals surface area contributed by atoms with Gasteiger partial charge in [0.05, 0.1) is 11.5 Å². The zero-order valence-electron chi connectivity index (χ0n) is 16.3. The number of rotatable bonds is 7. The van der Waals surface area contributed by atoms with Crippen LogP contribution in [0.2, 0.25) is 0 Å². The van der Waals surface area contributed by atoms with Crippen molar-refractivity contribution in [1.82, 2.24) is 4.90 Å². The fourth-order valence-electron chi connectivity index (χ4n) is 2.77. The van der Waals surface area contributed by atoms with Crippen LogP contribution in [0.4, 0.5) is 10.5 Å². The smallest absolute Gasteiger partial charge is 0.294 e. The van der Waals surface area contributed by atoms with Crippen molar-refractivity contribution >= 4 is 40.6 Å². The molecule has 3 amide bonds. The summed E-state index contributed by atoms with van der Waals surface area (Å²) in [6.07, 6.45) is 2.50. The Morgan fingerprint density at radius 1 is 1.14 bits per heavy atom. The predicted molar refractivity (Wildman–Crippen MR) is 115 cm³/mol. The Morgan fingerprint density at radius 3 is 2.62 bits per heavy atom. The van der Waals surface area contributed by atoms with Crippen LogP contribution in [0.3, 0.4) is 0 Å². The van der Waals surface area contributed by atoms with Gasteiger partial charge in [-0.05, 0) is 48.9 Å². The second-order valence-corrected chi connectivity index (χ2v) is 7.51. The second kappa shape index (κ2) is 9.43. The molecule has 7 heteroatoms. The normalized spacial score (nSPS) is 15.1. The molecule has 0 unspecified atom stereocenters. The van der Waals surface area contributed by atoms with Crippen LogP contribution in [-0.2, 0) is 9.59 Å². The quantitative estimate of drug-likeness (QED) is 0.682. The van der Waals surface area contributed by atoms with Gasteiger partial charge >= 0.3 is 0 Å². The van der Waals surface area contributed by atoms with Gasteiger partial charge in [-0.15, -0.1) is 0 Å². The van der Waals surface area contributed by atoms with Crippen molar-refractivity contribution in [3.05, 3.63) is 64.6 Å². The molecule has 3 rings (SSSR count). The molecule has 6 nitrogen and oxygen atoms in total. The molecule has 0 saturated carbocycles. The van der Waals surface area contributed by atoms with E-state index in [9.17, 15) is 14.4 Å². The lowest BCUT2D eigenvalue weighted by molar-refractivity contribution is -0.127. The fraction of sp³-hybridized carbons (Fsp3) is 0.227. The van der Waals surface area contributed by atoms with Gasteiger partial charge in [0.2, 0.25) is 5.91 Å². The lowest BCUT2D eigenvalue weighted by Crippen LogP contribution is -2.36. The van der Waals surface area contributed by atoms with E-state index in [1.165, 1.54) is 0 Å². The van der Waals surface area contributed by atoms with E-state index in [0.29, 0.717) is 18.0 Å². The number of benzene rings is 2. The van der Waals surface area contributed by atoms with Crippen LogP contribution in [-0.4, -0.2) is 35.1 Å². The number of ether oxygens (including phenoxy) is 1. The Morgan fingerprint density at radius 2 is 1.86 bits per heavy atom. The number of anilines is 1. The molecule has 1 heterocycles. The summed E-state index contributed by atoms with van der Waals surface area (Å²) in [5.41, 5.74) is 2.27. The molecular formula is C22H22N2O4S. The largest absolute Gasteiger partial charge is 0.493 e. The van der Waals surface area contributed by atoms with Crippen molar-refractivity contribution in [2.24, 2.45) is 0 Å². The highest BCUT2D eigenvalue weighted by Crippen LogP contribution is 2.34. The number of nitrogens with one attached hydrogen (secondary N) is 1. The van der Waals surface area contributed by atoms with Crippen molar-refractivity contribution in [3.8, 4) is 5.75 Å². The average molecular weight is 410 g/mol. The van der Waals surface area contributed by atoms with E-state index in [1.807, 2.05) is 56.3 Å². The Bertz CT molecular complexity index is 971. The Kier molecular flexibility index (Phi) is 6.72. The highest BCUT2D eigenvalue weighted by atomic mass is 32.2. The number of imide groups is 1. The van der Waals surface area contributed by atoms with Crippen molar-refractivity contribution in [2.45, 2.75) is 20.3 Å². The number of para-hydroxylation sites is 2. The maximum atomic E-state index is 12.7. The van der Waals surface area contributed by atoms with E-state index < -0.39 is 17.1 Å². The third-order valence-corrected chi connectivity index (χ3v) is 5.17. The number of hydrogen-bond acceptors (Lipinski definition) is 5. The van der Waals surface area contributed by atoms with Gasteiger partial charge in [-0.2, -0.15) is 0 Å². The van der Waals surface area contributed by atoms with E-state index in [0.717, 1.165) is 34.2 Å². The van der Waals surface area contributed by atoms with Gasteiger partial charge in [0.25, 0.3) is 11.1 Å². The molecule has 0 spiro atoms. The van der Waals surface area contributed by atoms with Crippen LogP contribution in [0.1, 0.15) is 24.5 Å². The van der Waals surface area contributed by atoms with Crippen LogP contribution >= 0.6 is 11.8 Å². The van der Waals surface area contributed by atoms with Crippen molar-refractivity contribution in [2.75, 3.05) is 18.5 Å². The van der Waals surface area contributed by atoms with Crippen LogP contribution in [0, 0.1) is 6.92 Å². The summed E-state index contributed by atoms with van der Waals surface area (Å²) in [5.74, 6) is -0.252. The average Bonchev–Trinajstić information content (AvgIpc) is 2.96. The van der Waals surface area contributed by atoms with Crippen LogP contribution < -0.4 is 10.1 Å². The van der Waals surface area contributed by atoms with Gasteiger partial charge < -0.3 is 10.1 Å². The molecule has 1 saturated heterocycles. The number of aryl methyl sites for hydroxylation is 1. The van der Waals surface area contributed by atoms with Crippen LogP contribution in [0.5, 0.6) is 5.75 Å². The monoisotopic (exact) mass is 410 g/mol. The fourth-order valence-corrected chi connectivity index (χ4v) is 3.60. The van der Waals surface area contributed by atoms with E-state index in [-0.39, 0.29) is 11.4 Å². The molecule has 2 aromatic carbocycles. The highest BCUT2D eigenvalue weighted by molar-refractivity contribution is 8.18. The summed E-state index contributed by atoms with van der Waals surface area (Å²) in [5, 5.41) is 2.28. The first-order valence-corrected chi connectivity index (χ1v) is 10.1. The number of hydrogen-bond donors (Lipinski definition) is 1. The van der Waals surface area contributed by atoms with Gasteiger partial charge in [0, 0.05) is 11.3 Å². The van der Waals surface area contributed by atoms with Crippen LogP contribution in [0.15, 0.2) is 53.4 Å². The number of thioether (sulfide) groups is 1. The first kappa shape index (κ1) is 20.7. The van der Waals surface area contributed by atoms with E-state index in [1.54, 1.807) is 12.1 Å². The first-order valence-electron chi connectivity index (χ1n) is 9.32. The molecule has 0 aromatic heterocycles. The zero-order valence-corrected chi connectivity index (χ0v) is 17.1. The van der Waals surface area contributed by atoms with Crippen molar-refractivity contribution in [1.29, 1.82) is 0 Å². The number of carbonyl (C=O) groups is 3. The minimum Gasteiger partial charge on any atom is -0.493 e. The number of nitrogens with zero attached hydrogens (tertiary/aromatic N) is 1.